The molecule has 0 spiro atoms. The van der Waals surface area contributed by atoms with Crippen molar-refractivity contribution in [3.05, 3.63) is 98.0 Å². The zero-order valence-electron chi connectivity index (χ0n) is 17.2. The molecule has 1 atom stereocenters. The molecule has 0 aromatic heterocycles. The number of rotatable bonds is 5. The Morgan fingerprint density at radius 2 is 1.77 bits per heavy atom. The van der Waals surface area contributed by atoms with Crippen molar-refractivity contribution in [1.29, 1.82) is 0 Å². The number of hydrogen-bond donors (Lipinski definition) is 1. The Labute approximate surface area is 194 Å². The van der Waals surface area contributed by atoms with E-state index < -0.39 is 11.5 Å². The molecule has 0 fully saturated rings. The first-order valence-electron chi connectivity index (χ1n) is 9.88. The molecule has 158 valence electrons. The molecular formula is C25H21BrClNO3. The summed E-state index contributed by atoms with van der Waals surface area (Å²) in [5.41, 5.74) is 2.36. The minimum absolute atomic E-state index is 0.269. The monoisotopic (exact) mass is 497 g/mol. The average molecular weight is 499 g/mol. The molecule has 3 aromatic rings. The van der Waals surface area contributed by atoms with E-state index in [1.165, 1.54) is 4.90 Å². The van der Waals surface area contributed by atoms with Crippen molar-refractivity contribution in [3.8, 4) is 0 Å². The third kappa shape index (κ3) is 4.05. The van der Waals surface area contributed by atoms with Gasteiger partial charge in [0.05, 0.1) is 18.7 Å². The highest BCUT2D eigenvalue weighted by Crippen LogP contribution is 2.45. The van der Waals surface area contributed by atoms with Crippen LogP contribution in [0.25, 0.3) is 0 Å². The molecular weight excluding hydrogens is 478 g/mol. The fourth-order valence-electron chi connectivity index (χ4n) is 4.08. The highest BCUT2D eigenvalue weighted by Gasteiger charge is 2.51. The molecule has 0 saturated carbocycles. The van der Waals surface area contributed by atoms with Gasteiger partial charge in [0.15, 0.2) is 11.4 Å². The van der Waals surface area contributed by atoms with Crippen LogP contribution in [0.3, 0.4) is 0 Å². The maximum atomic E-state index is 13.5. The van der Waals surface area contributed by atoms with Crippen LogP contribution in [0.1, 0.15) is 39.0 Å². The standard InChI is InChI=1S/C25H21BrClNO3/c1-15-3-9-20(16(2)11-15)23(29)13-25(31)21-12-18(26)6-10-22(21)28(24(25)30)14-17-4-7-19(27)8-5-17/h3-12,31H,13-14H2,1-2H3. The molecule has 1 heterocycles. The summed E-state index contributed by atoms with van der Waals surface area (Å²) in [6, 6.07) is 18.0. The molecule has 1 aliphatic rings. The topological polar surface area (TPSA) is 57.6 Å². The maximum Gasteiger partial charge on any atom is 0.264 e. The zero-order chi connectivity index (χ0) is 22.3. The normalized spacial score (nSPS) is 17.7. The summed E-state index contributed by atoms with van der Waals surface area (Å²) in [4.78, 5) is 28.1. The number of aryl methyl sites for hydroxylation is 2. The van der Waals surface area contributed by atoms with Gasteiger partial charge in [-0.15, -0.1) is 0 Å². The van der Waals surface area contributed by atoms with Crippen LogP contribution < -0.4 is 4.90 Å². The number of halogens is 2. The SMILES string of the molecule is Cc1ccc(C(=O)CC2(O)C(=O)N(Cc3ccc(Cl)cc3)c3ccc(Br)cc32)c(C)c1. The predicted molar refractivity (Wildman–Crippen MR) is 126 cm³/mol. The van der Waals surface area contributed by atoms with Gasteiger partial charge in [-0.3, -0.25) is 9.59 Å². The lowest BCUT2D eigenvalue weighted by Gasteiger charge is -2.23. The molecule has 4 rings (SSSR count). The van der Waals surface area contributed by atoms with Crippen molar-refractivity contribution < 1.29 is 14.7 Å². The number of ketones is 1. The first kappa shape index (κ1) is 21.8. The number of hydrogen-bond acceptors (Lipinski definition) is 3. The van der Waals surface area contributed by atoms with Crippen LogP contribution in [0.2, 0.25) is 5.02 Å². The number of carbonyl (C=O) groups is 2. The van der Waals surface area contributed by atoms with Crippen LogP contribution in [0, 0.1) is 13.8 Å². The fourth-order valence-corrected chi connectivity index (χ4v) is 4.56. The van der Waals surface area contributed by atoms with Gasteiger partial charge in [-0.1, -0.05) is 63.4 Å². The van der Waals surface area contributed by atoms with Gasteiger partial charge in [0.2, 0.25) is 0 Å². The fraction of sp³-hybridized carbons (Fsp3) is 0.200. The number of anilines is 1. The van der Waals surface area contributed by atoms with Crippen molar-refractivity contribution in [2.75, 3.05) is 4.90 Å². The molecule has 0 saturated heterocycles. The molecule has 1 aliphatic heterocycles. The van der Waals surface area contributed by atoms with E-state index in [4.69, 9.17) is 11.6 Å². The first-order valence-corrected chi connectivity index (χ1v) is 11.1. The Hall–Kier alpha value is -2.47. The lowest BCUT2D eigenvalue weighted by atomic mass is 9.87. The molecule has 6 heteroatoms. The number of benzene rings is 3. The lowest BCUT2D eigenvalue weighted by Crippen LogP contribution is -2.41. The minimum Gasteiger partial charge on any atom is -0.375 e. The Bertz CT molecular complexity index is 1190. The molecule has 3 aromatic carbocycles. The van der Waals surface area contributed by atoms with Gasteiger partial charge >= 0.3 is 0 Å². The van der Waals surface area contributed by atoms with E-state index in [0.29, 0.717) is 21.8 Å². The third-order valence-electron chi connectivity index (χ3n) is 5.65. The van der Waals surface area contributed by atoms with Gasteiger partial charge in [0.25, 0.3) is 5.91 Å². The van der Waals surface area contributed by atoms with Crippen molar-refractivity contribution in [1.82, 2.24) is 0 Å². The van der Waals surface area contributed by atoms with E-state index in [2.05, 4.69) is 15.9 Å². The van der Waals surface area contributed by atoms with Crippen molar-refractivity contribution in [2.24, 2.45) is 0 Å². The van der Waals surface area contributed by atoms with Crippen molar-refractivity contribution in [3.63, 3.8) is 0 Å². The third-order valence-corrected chi connectivity index (χ3v) is 6.39. The summed E-state index contributed by atoms with van der Waals surface area (Å²) >= 11 is 9.40. The summed E-state index contributed by atoms with van der Waals surface area (Å²) < 4.78 is 0.727. The summed E-state index contributed by atoms with van der Waals surface area (Å²) in [5.74, 6) is -0.777. The highest BCUT2D eigenvalue weighted by molar-refractivity contribution is 9.10. The van der Waals surface area contributed by atoms with Crippen LogP contribution in [0.15, 0.2) is 65.1 Å². The minimum atomic E-state index is -1.93. The summed E-state index contributed by atoms with van der Waals surface area (Å²) in [5, 5.41) is 12.2. The van der Waals surface area contributed by atoms with E-state index in [1.54, 1.807) is 30.3 Å². The van der Waals surface area contributed by atoms with Crippen LogP contribution in [-0.2, 0) is 16.9 Å². The number of nitrogens with zero attached hydrogens (tertiary/aromatic N) is 1. The molecule has 1 amide bonds. The summed E-state index contributed by atoms with van der Waals surface area (Å²) in [6.07, 6.45) is -0.323. The number of aliphatic hydroxyl groups is 1. The Morgan fingerprint density at radius 3 is 2.45 bits per heavy atom. The van der Waals surface area contributed by atoms with Gasteiger partial charge < -0.3 is 10.0 Å². The van der Waals surface area contributed by atoms with Crippen molar-refractivity contribution in [2.45, 2.75) is 32.4 Å². The average Bonchev–Trinajstić information content (AvgIpc) is 2.91. The van der Waals surface area contributed by atoms with E-state index in [-0.39, 0.29) is 18.7 Å². The van der Waals surface area contributed by atoms with Gasteiger partial charge in [0, 0.05) is 20.6 Å². The molecule has 0 bridgehead atoms. The van der Waals surface area contributed by atoms with E-state index in [1.807, 2.05) is 44.2 Å². The smallest absolute Gasteiger partial charge is 0.264 e. The lowest BCUT2D eigenvalue weighted by molar-refractivity contribution is -0.136. The molecule has 0 radical (unpaired) electrons. The van der Waals surface area contributed by atoms with Gasteiger partial charge in [-0.25, -0.2) is 0 Å². The largest absolute Gasteiger partial charge is 0.375 e. The molecule has 4 nitrogen and oxygen atoms in total. The van der Waals surface area contributed by atoms with Crippen LogP contribution in [0.5, 0.6) is 0 Å². The summed E-state index contributed by atoms with van der Waals surface area (Å²) in [6.45, 7) is 4.08. The molecule has 1 unspecified atom stereocenters. The second-order valence-electron chi connectivity index (χ2n) is 7.96. The Morgan fingerprint density at radius 1 is 1.06 bits per heavy atom. The zero-order valence-corrected chi connectivity index (χ0v) is 19.5. The van der Waals surface area contributed by atoms with Crippen molar-refractivity contribution >= 4 is 44.9 Å². The second kappa shape index (κ2) is 8.23. The molecule has 31 heavy (non-hydrogen) atoms. The van der Waals surface area contributed by atoms with Crippen LogP contribution >= 0.6 is 27.5 Å². The quantitative estimate of drug-likeness (QED) is 0.457. The number of fused-ring (bicyclic) bond motifs is 1. The number of amides is 1. The van der Waals surface area contributed by atoms with Gasteiger partial charge in [0.1, 0.15) is 0 Å². The maximum absolute atomic E-state index is 13.5. The second-order valence-corrected chi connectivity index (χ2v) is 9.31. The highest BCUT2D eigenvalue weighted by atomic mass is 79.9. The predicted octanol–water partition coefficient (Wildman–Crippen LogP) is 5.73. The van der Waals surface area contributed by atoms with Gasteiger partial charge in [-0.05, 0) is 55.3 Å². The van der Waals surface area contributed by atoms with Crippen LogP contribution in [0.4, 0.5) is 5.69 Å². The number of Topliss-reactive ketones (excluding diaryl/α,β-unsaturated/α-hetero) is 1. The Balaban J connectivity index is 1.71. The van der Waals surface area contributed by atoms with E-state index in [9.17, 15) is 14.7 Å². The molecule has 0 aliphatic carbocycles. The number of carbonyl (C=O) groups excluding carboxylic acids is 2. The Kier molecular flexibility index (Phi) is 5.77. The van der Waals surface area contributed by atoms with Gasteiger partial charge in [-0.2, -0.15) is 0 Å². The summed E-state index contributed by atoms with van der Waals surface area (Å²) in [7, 11) is 0. The molecule has 1 N–H and O–H groups in total. The van der Waals surface area contributed by atoms with Crippen LogP contribution in [-0.4, -0.2) is 16.8 Å². The van der Waals surface area contributed by atoms with E-state index >= 15 is 0 Å². The first-order chi connectivity index (χ1) is 14.7. The van der Waals surface area contributed by atoms with E-state index in [0.717, 1.165) is 21.2 Å².